The van der Waals surface area contributed by atoms with E-state index < -0.39 is 10.5 Å². The molecule has 0 unspecified atom stereocenters. The predicted molar refractivity (Wildman–Crippen MR) is 105 cm³/mol. The molecule has 0 aliphatic carbocycles. The first-order chi connectivity index (χ1) is 13.8. The first kappa shape index (κ1) is 19.9. The molecule has 1 N–H and O–H groups in total. The molecule has 0 aliphatic rings. The summed E-state index contributed by atoms with van der Waals surface area (Å²) in [6, 6.07) is 5.52. The molecule has 0 saturated carbocycles. The number of rotatable bonds is 6. The lowest BCUT2D eigenvalue weighted by Crippen LogP contribution is -2.18. The van der Waals surface area contributed by atoms with Crippen LogP contribution >= 0.6 is 0 Å². The van der Waals surface area contributed by atoms with Crippen molar-refractivity contribution in [1.82, 2.24) is 19.7 Å². The Kier molecular flexibility index (Phi) is 5.48. The smallest absolute Gasteiger partial charge is 0.301 e. The van der Waals surface area contributed by atoms with E-state index in [1.54, 1.807) is 6.92 Å². The van der Waals surface area contributed by atoms with Gasteiger partial charge >= 0.3 is 5.56 Å². The number of methoxy groups -OCH3 is 1. The number of nitrogens with one attached hydrogen (secondary N) is 1. The van der Waals surface area contributed by atoms with Gasteiger partial charge in [-0.05, 0) is 32.4 Å². The number of aryl methyl sites for hydroxylation is 2. The fourth-order valence-electron chi connectivity index (χ4n) is 2.78. The number of aromatic amines is 1. The number of H-pyrrole nitrogens is 1. The summed E-state index contributed by atoms with van der Waals surface area (Å²) in [5.74, 6) is 0.546. The standard InChI is InChI=1S/C18H19N7O4/c1-5-14-10(2)19-18(20-16(14)29-4)24-17(26)15(11(3)23-24)22-21-12-6-8-13(9-7-12)25(27)28/h6-9,23H,5H2,1-4H3. The molecule has 0 bridgehead atoms. The van der Waals surface area contributed by atoms with Crippen LogP contribution in [0.25, 0.3) is 5.95 Å². The third-order valence-electron chi connectivity index (χ3n) is 4.28. The fourth-order valence-corrected chi connectivity index (χ4v) is 2.78. The van der Waals surface area contributed by atoms with Gasteiger partial charge in [0.25, 0.3) is 11.6 Å². The number of aromatic nitrogens is 4. The van der Waals surface area contributed by atoms with Gasteiger partial charge in [0.1, 0.15) is 0 Å². The summed E-state index contributed by atoms with van der Waals surface area (Å²) < 4.78 is 6.49. The molecule has 150 valence electrons. The lowest BCUT2D eigenvalue weighted by Gasteiger charge is -2.10. The van der Waals surface area contributed by atoms with Gasteiger partial charge in [0.15, 0.2) is 5.69 Å². The number of nitrogens with zero attached hydrogens (tertiary/aromatic N) is 6. The fraction of sp³-hybridized carbons (Fsp3) is 0.278. The summed E-state index contributed by atoms with van der Waals surface area (Å²) in [5.41, 5.74) is 1.99. The number of ether oxygens (including phenoxy) is 1. The number of non-ortho nitro benzene ring substituents is 1. The molecule has 29 heavy (non-hydrogen) atoms. The number of benzene rings is 1. The molecule has 2 heterocycles. The first-order valence-corrected chi connectivity index (χ1v) is 8.75. The Bertz CT molecular complexity index is 1150. The molecule has 0 fully saturated rings. The van der Waals surface area contributed by atoms with Crippen LogP contribution in [0.4, 0.5) is 17.1 Å². The van der Waals surface area contributed by atoms with Crippen molar-refractivity contribution in [1.29, 1.82) is 0 Å². The second-order valence-electron chi connectivity index (χ2n) is 6.15. The number of nitro benzene ring substituents is 1. The minimum Gasteiger partial charge on any atom is -0.481 e. The van der Waals surface area contributed by atoms with Crippen LogP contribution in [0, 0.1) is 24.0 Å². The lowest BCUT2D eigenvalue weighted by molar-refractivity contribution is -0.384. The zero-order valence-electron chi connectivity index (χ0n) is 16.3. The molecule has 0 atom stereocenters. The van der Waals surface area contributed by atoms with Crippen molar-refractivity contribution in [3.63, 3.8) is 0 Å². The van der Waals surface area contributed by atoms with Gasteiger partial charge in [-0.3, -0.25) is 20.0 Å². The maximum Gasteiger partial charge on any atom is 0.301 e. The average Bonchev–Trinajstić information content (AvgIpc) is 2.99. The van der Waals surface area contributed by atoms with Crippen LogP contribution in [-0.4, -0.2) is 31.8 Å². The predicted octanol–water partition coefficient (Wildman–Crippen LogP) is 3.47. The van der Waals surface area contributed by atoms with Crippen LogP contribution in [0.3, 0.4) is 0 Å². The third-order valence-corrected chi connectivity index (χ3v) is 4.28. The van der Waals surface area contributed by atoms with E-state index in [1.165, 1.54) is 36.1 Å². The van der Waals surface area contributed by atoms with E-state index in [2.05, 4.69) is 25.3 Å². The van der Waals surface area contributed by atoms with E-state index in [-0.39, 0.29) is 17.3 Å². The van der Waals surface area contributed by atoms with Crippen molar-refractivity contribution in [2.75, 3.05) is 7.11 Å². The minimum absolute atomic E-state index is 0.0545. The summed E-state index contributed by atoms with van der Waals surface area (Å²) >= 11 is 0. The second kappa shape index (κ2) is 8.00. The van der Waals surface area contributed by atoms with E-state index in [0.29, 0.717) is 29.4 Å². The van der Waals surface area contributed by atoms with E-state index in [4.69, 9.17) is 4.74 Å². The molecule has 11 heteroatoms. The van der Waals surface area contributed by atoms with Gasteiger partial charge in [-0.2, -0.15) is 14.8 Å². The Labute approximate surface area is 165 Å². The number of azo groups is 1. The first-order valence-electron chi connectivity index (χ1n) is 8.75. The summed E-state index contributed by atoms with van der Waals surface area (Å²) in [6.07, 6.45) is 0.697. The van der Waals surface area contributed by atoms with Gasteiger partial charge in [0.05, 0.1) is 23.4 Å². The molecular formula is C18H19N7O4. The zero-order chi connectivity index (χ0) is 21.1. The average molecular weight is 397 g/mol. The Hall–Kier alpha value is -3.89. The van der Waals surface area contributed by atoms with Crippen LogP contribution in [0.5, 0.6) is 5.88 Å². The molecule has 0 aliphatic heterocycles. The van der Waals surface area contributed by atoms with Crippen molar-refractivity contribution in [3.8, 4) is 11.8 Å². The van der Waals surface area contributed by atoms with E-state index in [9.17, 15) is 14.9 Å². The Morgan fingerprint density at radius 2 is 1.90 bits per heavy atom. The van der Waals surface area contributed by atoms with E-state index in [1.807, 2.05) is 13.8 Å². The molecule has 0 amide bonds. The van der Waals surface area contributed by atoms with Gasteiger partial charge in [-0.25, -0.2) is 4.98 Å². The van der Waals surface area contributed by atoms with E-state index >= 15 is 0 Å². The molecule has 1 aromatic carbocycles. The molecular weight excluding hydrogens is 378 g/mol. The van der Waals surface area contributed by atoms with Crippen LogP contribution in [-0.2, 0) is 6.42 Å². The van der Waals surface area contributed by atoms with Crippen molar-refractivity contribution in [2.45, 2.75) is 27.2 Å². The normalized spacial score (nSPS) is 11.2. The van der Waals surface area contributed by atoms with Gasteiger partial charge in [-0.15, -0.1) is 5.11 Å². The van der Waals surface area contributed by atoms with E-state index in [0.717, 1.165) is 5.56 Å². The second-order valence-corrected chi connectivity index (χ2v) is 6.15. The highest BCUT2D eigenvalue weighted by atomic mass is 16.6. The molecule has 3 aromatic rings. The van der Waals surface area contributed by atoms with Crippen LogP contribution < -0.4 is 10.3 Å². The van der Waals surface area contributed by atoms with Crippen molar-refractivity contribution >= 4 is 17.1 Å². The van der Waals surface area contributed by atoms with Gasteiger partial charge in [-0.1, -0.05) is 6.92 Å². The molecule has 2 aromatic heterocycles. The summed E-state index contributed by atoms with van der Waals surface area (Å²) in [4.78, 5) is 31.7. The van der Waals surface area contributed by atoms with Gasteiger partial charge < -0.3 is 4.74 Å². The van der Waals surface area contributed by atoms with Crippen molar-refractivity contribution in [2.24, 2.45) is 10.2 Å². The Morgan fingerprint density at radius 1 is 1.21 bits per heavy atom. The number of hydrogen-bond donors (Lipinski definition) is 1. The summed E-state index contributed by atoms with van der Waals surface area (Å²) in [6.45, 7) is 5.46. The number of hydrogen-bond acceptors (Lipinski definition) is 8. The maximum atomic E-state index is 12.8. The largest absolute Gasteiger partial charge is 0.481 e. The summed E-state index contributed by atoms with van der Waals surface area (Å²) in [7, 11) is 1.51. The van der Waals surface area contributed by atoms with Gasteiger partial charge in [0.2, 0.25) is 5.88 Å². The van der Waals surface area contributed by atoms with Crippen molar-refractivity contribution < 1.29 is 9.66 Å². The molecule has 3 rings (SSSR count). The minimum atomic E-state index is -0.504. The topological polar surface area (TPSA) is 141 Å². The highest BCUT2D eigenvalue weighted by Crippen LogP contribution is 2.23. The third kappa shape index (κ3) is 3.88. The molecule has 0 spiro atoms. The highest BCUT2D eigenvalue weighted by molar-refractivity contribution is 5.46. The zero-order valence-corrected chi connectivity index (χ0v) is 16.3. The lowest BCUT2D eigenvalue weighted by atomic mass is 10.2. The van der Waals surface area contributed by atoms with Crippen molar-refractivity contribution in [3.05, 3.63) is 61.7 Å². The Morgan fingerprint density at radius 3 is 2.48 bits per heavy atom. The molecule has 0 saturated heterocycles. The SMILES string of the molecule is CCc1c(C)nc(-n2[nH]c(C)c(N=Nc3ccc([N+](=O)[O-])cc3)c2=O)nc1OC. The monoisotopic (exact) mass is 397 g/mol. The highest BCUT2D eigenvalue weighted by Gasteiger charge is 2.17. The van der Waals surface area contributed by atoms with Gasteiger partial charge in [0, 0.05) is 23.4 Å². The van der Waals surface area contributed by atoms with Crippen LogP contribution in [0.1, 0.15) is 23.9 Å². The number of nitro groups is 1. The molecule has 0 radical (unpaired) electrons. The Balaban J connectivity index is 1.98. The quantitative estimate of drug-likeness (QED) is 0.383. The molecule has 11 nitrogen and oxygen atoms in total. The van der Waals surface area contributed by atoms with Crippen LogP contribution in [0.15, 0.2) is 39.3 Å². The summed E-state index contributed by atoms with van der Waals surface area (Å²) in [5, 5.41) is 21.6. The van der Waals surface area contributed by atoms with Crippen LogP contribution in [0.2, 0.25) is 0 Å². The maximum absolute atomic E-state index is 12.8.